The van der Waals surface area contributed by atoms with E-state index < -0.39 is 0 Å². The number of methoxy groups -OCH3 is 1. The topological polar surface area (TPSA) is 79.4 Å². The van der Waals surface area contributed by atoms with Gasteiger partial charge in [0.05, 0.1) is 24.4 Å². The summed E-state index contributed by atoms with van der Waals surface area (Å²) in [5.74, 6) is 1.40. The van der Waals surface area contributed by atoms with Gasteiger partial charge in [-0.1, -0.05) is 18.2 Å². The number of hydrogen-bond donors (Lipinski definition) is 2. The normalized spacial score (nSPS) is 11.2. The lowest BCUT2D eigenvalue weighted by Gasteiger charge is -2.01. The van der Waals surface area contributed by atoms with Crippen LogP contribution in [0, 0.1) is 0 Å². The highest BCUT2D eigenvalue weighted by molar-refractivity contribution is 7.11. The van der Waals surface area contributed by atoms with Crippen molar-refractivity contribution in [2.45, 2.75) is 6.42 Å². The summed E-state index contributed by atoms with van der Waals surface area (Å²) in [5.41, 5.74) is 5.84. The van der Waals surface area contributed by atoms with Gasteiger partial charge in [-0.15, -0.1) is 11.3 Å². The lowest BCUT2D eigenvalue weighted by molar-refractivity contribution is 0.0955. The number of amides is 1. The second-order valence-corrected chi connectivity index (χ2v) is 7.13. The van der Waals surface area contributed by atoms with Gasteiger partial charge >= 0.3 is 0 Å². The molecule has 6 nitrogen and oxygen atoms in total. The van der Waals surface area contributed by atoms with E-state index in [-0.39, 0.29) is 5.91 Å². The fourth-order valence-corrected chi connectivity index (χ4v) is 3.39. The second kappa shape index (κ2) is 8.06. The summed E-state index contributed by atoms with van der Waals surface area (Å²) >= 11 is 1.56. The Morgan fingerprint density at radius 1 is 1.25 bits per heavy atom. The number of aromatic amines is 1. The first kappa shape index (κ1) is 17.9. The number of carbonyl (C=O) groups is 1. The number of ether oxygens (including phenoxy) is 1. The summed E-state index contributed by atoms with van der Waals surface area (Å²) < 4.78 is 5.18. The first-order valence-corrected chi connectivity index (χ1v) is 9.58. The molecule has 0 unspecified atom stereocenters. The molecule has 4 aromatic rings. The van der Waals surface area contributed by atoms with Crippen LogP contribution < -0.4 is 10.2 Å². The number of carbonyl (C=O) groups excluding carboxylic acids is 1. The van der Waals surface area contributed by atoms with Gasteiger partial charge in [0, 0.05) is 16.9 Å². The largest absolute Gasteiger partial charge is 0.497 e. The zero-order valence-corrected chi connectivity index (χ0v) is 16.0. The van der Waals surface area contributed by atoms with E-state index in [0.717, 1.165) is 33.0 Å². The third-order valence-corrected chi connectivity index (χ3v) is 5.03. The van der Waals surface area contributed by atoms with Crippen LogP contribution in [0.25, 0.3) is 11.0 Å². The molecule has 0 aliphatic carbocycles. The highest BCUT2D eigenvalue weighted by Gasteiger charge is 2.09. The quantitative estimate of drug-likeness (QED) is 0.386. The van der Waals surface area contributed by atoms with Crippen LogP contribution >= 0.6 is 11.3 Å². The Morgan fingerprint density at radius 2 is 2.11 bits per heavy atom. The smallest absolute Gasteiger partial charge is 0.271 e. The van der Waals surface area contributed by atoms with Crippen LogP contribution in [0.15, 0.2) is 65.1 Å². The van der Waals surface area contributed by atoms with Gasteiger partial charge in [-0.2, -0.15) is 5.10 Å². The SMILES string of the molecule is COc1ccc(Cc2nc3ccc(C(=O)N/N=C\c4cccs4)cc3[nH]2)cc1. The number of H-pyrrole nitrogens is 1. The molecule has 0 spiro atoms. The number of aromatic nitrogens is 2. The van der Waals surface area contributed by atoms with Crippen molar-refractivity contribution in [3.8, 4) is 5.75 Å². The molecule has 0 atom stereocenters. The molecule has 0 aliphatic heterocycles. The fraction of sp³-hybridized carbons (Fsp3) is 0.0952. The summed E-state index contributed by atoms with van der Waals surface area (Å²) in [4.78, 5) is 21.2. The molecule has 2 N–H and O–H groups in total. The van der Waals surface area contributed by atoms with Crippen molar-refractivity contribution in [1.29, 1.82) is 0 Å². The average Bonchev–Trinajstić information content (AvgIpc) is 3.37. The number of hydrazone groups is 1. The molecule has 0 saturated carbocycles. The van der Waals surface area contributed by atoms with Gasteiger partial charge in [0.1, 0.15) is 11.6 Å². The standard InChI is InChI=1S/C21H18N4O2S/c1-27-16-7-4-14(5-8-16)11-20-23-18-9-6-15(12-19(18)24-20)21(26)25-22-13-17-3-2-10-28-17/h2-10,12-13H,11H2,1H3,(H,23,24)(H,25,26)/b22-13-. The Kier molecular flexibility index (Phi) is 5.16. The molecule has 140 valence electrons. The molecule has 4 rings (SSSR count). The monoisotopic (exact) mass is 390 g/mol. The van der Waals surface area contributed by atoms with E-state index in [1.54, 1.807) is 36.8 Å². The van der Waals surface area contributed by atoms with E-state index in [0.29, 0.717) is 12.0 Å². The van der Waals surface area contributed by atoms with Crippen LogP contribution in [0.4, 0.5) is 0 Å². The van der Waals surface area contributed by atoms with Crippen LogP contribution in [0.3, 0.4) is 0 Å². The van der Waals surface area contributed by atoms with E-state index in [1.165, 1.54) is 0 Å². The maximum absolute atomic E-state index is 12.3. The van der Waals surface area contributed by atoms with Gasteiger partial charge in [-0.25, -0.2) is 10.4 Å². The number of nitrogens with zero attached hydrogens (tertiary/aromatic N) is 2. The molecule has 2 heterocycles. The summed E-state index contributed by atoms with van der Waals surface area (Å²) in [5, 5.41) is 5.95. The van der Waals surface area contributed by atoms with Gasteiger partial charge in [0.15, 0.2) is 0 Å². The van der Waals surface area contributed by atoms with Crippen molar-refractivity contribution in [2.75, 3.05) is 7.11 Å². The molecule has 0 saturated heterocycles. The molecule has 0 radical (unpaired) electrons. The van der Waals surface area contributed by atoms with E-state index in [4.69, 9.17) is 4.74 Å². The maximum Gasteiger partial charge on any atom is 0.271 e. The molecular formula is C21H18N4O2S. The Labute approximate surface area is 165 Å². The van der Waals surface area contributed by atoms with Crippen LogP contribution in [0.2, 0.25) is 0 Å². The minimum Gasteiger partial charge on any atom is -0.497 e. The molecule has 7 heteroatoms. The zero-order valence-electron chi connectivity index (χ0n) is 15.2. The van der Waals surface area contributed by atoms with Crippen molar-refractivity contribution in [3.05, 3.63) is 81.8 Å². The van der Waals surface area contributed by atoms with Crippen molar-refractivity contribution in [1.82, 2.24) is 15.4 Å². The Hall–Kier alpha value is -3.45. The van der Waals surface area contributed by atoms with Crippen molar-refractivity contribution in [2.24, 2.45) is 5.10 Å². The molecular weight excluding hydrogens is 372 g/mol. The van der Waals surface area contributed by atoms with Crippen LogP contribution in [-0.2, 0) is 6.42 Å². The molecule has 2 aromatic heterocycles. The van der Waals surface area contributed by atoms with E-state index in [1.807, 2.05) is 47.8 Å². The number of rotatable bonds is 6. The van der Waals surface area contributed by atoms with Crippen LogP contribution in [-0.4, -0.2) is 29.2 Å². The summed E-state index contributed by atoms with van der Waals surface area (Å²) in [6.45, 7) is 0. The number of nitrogens with one attached hydrogen (secondary N) is 2. The predicted octanol–water partition coefficient (Wildman–Crippen LogP) is 3.99. The van der Waals surface area contributed by atoms with Crippen molar-refractivity contribution < 1.29 is 9.53 Å². The first-order valence-electron chi connectivity index (χ1n) is 8.70. The number of benzene rings is 2. The Bertz CT molecular complexity index is 1120. The number of imidazole rings is 1. The number of thiophene rings is 1. The van der Waals surface area contributed by atoms with Gasteiger partial charge in [-0.05, 0) is 47.3 Å². The molecule has 28 heavy (non-hydrogen) atoms. The van der Waals surface area contributed by atoms with Gasteiger partial charge in [0.25, 0.3) is 5.91 Å². The van der Waals surface area contributed by atoms with E-state index in [2.05, 4.69) is 20.5 Å². The van der Waals surface area contributed by atoms with Crippen LogP contribution in [0.5, 0.6) is 5.75 Å². The lowest BCUT2D eigenvalue weighted by Crippen LogP contribution is -2.17. The van der Waals surface area contributed by atoms with Gasteiger partial charge in [0.2, 0.25) is 0 Å². The van der Waals surface area contributed by atoms with Gasteiger partial charge < -0.3 is 9.72 Å². The average molecular weight is 390 g/mol. The highest BCUT2D eigenvalue weighted by atomic mass is 32.1. The third kappa shape index (κ3) is 4.10. The number of hydrogen-bond acceptors (Lipinski definition) is 5. The maximum atomic E-state index is 12.3. The van der Waals surface area contributed by atoms with Gasteiger partial charge in [-0.3, -0.25) is 4.79 Å². The minimum absolute atomic E-state index is 0.263. The predicted molar refractivity (Wildman–Crippen MR) is 111 cm³/mol. The minimum atomic E-state index is -0.263. The Balaban J connectivity index is 1.47. The molecule has 0 fully saturated rings. The Morgan fingerprint density at radius 3 is 2.86 bits per heavy atom. The summed E-state index contributed by atoms with van der Waals surface area (Å²) in [7, 11) is 1.65. The number of fused-ring (bicyclic) bond motifs is 1. The molecule has 1 amide bonds. The highest BCUT2D eigenvalue weighted by Crippen LogP contribution is 2.18. The first-order chi connectivity index (χ1) is 13.7. The zero-order chi connectivity index (χ0) is 19.3. The van der Waals surface area contributed by atoms with E-state index in [9.17, 15) is 4.79 Å². The van der Waals surface area contributed by atoms with Crippen molar-refractivity contribution in [3.63, 3.8) is 0 Å². The third-order valence-electron chi connectivity index (χ3n) is 4.22. The molecule has 0 bridgehead atoms. The molecule has 0 aliphatic rings. The fourth-order valence-electron chi connectivity index (χ4n) is 2.81. The van der Waals surface area contributed by atoms with Crippen LogP contribution in [0.1, 0.15) is 26.6 Å². The van der Waals surface area contributed by atoms with E-state index >= 15 is 0 Å². The van der Waals surface area contributed by atoms with Crippen molar-refractivity contribution >= 4 is 34.5 Å². The summed E-state index contributed by atoms with van der Waals surface area (Å²) in [6.07, 6.45) is 2.30. The lowest BCUT2D eigenvalue weighted by atomic mass is 10.1. The molecule has 2 aromatic carbocycles. The second-order valence-electron chi connectivity index (χ2n) is 6.15. The summed E-state index contributed by atoms with van der Waals surface area (Å²) in [6, 6.07) is 17.1.